The summed E-state index contributed by atoms with van der Waals surface area (Å²) in [4.78, 5) is 42.6. The third-order valence-electron chi connectivity index (χ3n) is 4.93. The minimum Gasteiger partial charge on any atom is -0.495 e. The number of hydrogen-bond acceptors (Lipinski definition) is 7. The zero-order valence-electron chi connectivity index (χ0n) is 16.2. The van der Waals surface area contributed by atoms with Gasteiger partial charge in [0.05, 0.1) is 39.4 Å². The fourth-order valence-electron chi connectivity index (χ4n) is 3.55. The van der Waals surface area contributed by atoms with Crippen LogP contribution in [0.15, 0.2) is 12.3 Å². The minimum atomic E-state index is -0.893. The number of pyridine rings is 1. The molecule has 1 aliphatic heterocycles. The van der Waals surface area contributed by atoms with Crippen LogP contribution in [0.25, 0.3) is 0 Å². The lowest BCUT2D eigenvalue weighted by Crippen LogP contribution is -2.41. The summed E-state index contributed by atoms with van der Waals surface area (Å²) in [5, 5.41) is 0. The van der Waals surface area contributed by atoms with Gasteiger partial charge in [0, 0.05) is 18.5 Å². The topological polar surface area (TPSA) is 95.0 Å². The van der Waals surface area contributed by atoms with E-state index in [9.17, 15) is 14.4 Å². The lowest BCUT2D eigenvalue weighted by atomic mass is 9.74. The first-order valence-corrected chi connectivity index (χ1v) is 8.93. The molecule has 1 aromatic rings. The molecule has 27 heavy (non-hydrogen) atoms. The van der Waals surface area contributed by atoms with Gasteiger partial charge in [-0.3, -0.25) is 19.3 Å². The molecule has 8 heteroatoms. The Hall–Kier alpha value is -2.64. The highest BCUT2D eigenvalue weighted by atomic mass is 16.5. The number of aromatic nitrogens is 1. The van der Waals surface area contributed by atoms with Gasteiger partial charge in [0.15, 0.2) is 0 Å². The summed E-state index contributed by atoms with van der Waals surface area (Å²) in [7, 11) is 4.17. The molecule has 148 valence electrons. The summed E-state index contributed by atoms with van der Waals surface area (Å²) >= 11 is 0. The molecule has 0 N–H and O–H groups in total. The number of ether oxygens (including phenoxy) is 3. The molecule has 0 fully saturated rings. The van der Waals surface area contributed by atoms with Crippen molar-refractivity contribution >= 4 is 23.7 Å². The van der Waals surface area contributed by atoms with Crippen LogP contribution < -0.4 is 9.64 Å². The van der Waals surface area contributed by atoms with E-state index >= 15 is 0 Å². The second kappa shape index (κ2) is 8.83. The van der Waals surface area contributed by atoms with Crippen LogP contribution >= 0.6 is 0 Å². The smallest absolute Gasteiger partial charge is 0.307 e. The van der Waals surface area contributed by atoms with E-state index in [1.165, 1.54) is 26.2 Å². The number of methoxy groups -OCH3 is 3. The van der Waals surface area contributed by atoms with Crippen molar-refractivity contribution < 1.29 is 28.6 Å². The van der Waals surface area contributed by atoms with Crippen molar-refractivity contribution in [2.75, 3.05) is 32.8 Å². The van der Waals surface area contributed by atoms with Crippen molar-refractivity contribution in [3.05, 3.63) is 17.8 Å². The van der Waals surface area contributed by atoms with Gasteiger partial charge in [0.25, 0.3) is 0 Å². The van der Waals surface area contributed by atoms with Crippen LogP contribution in [0.5, 0.6) is 5.75 Å². The molecule has 0 saturated carbocycles. The van der Waals surface area contributed by atoms with E-state index in [1.807, 2.05) is 6.92 Å². The van der Waals surface area contributed by atoms with Gasteiger partial charge in [0.2, 0.25) is 5.91 Å². The van der Waals surface area contributed by atoms with Gasteiger partial charge in [-0.2, -0.15) is 0 Å². The molecule has 1 aliphatic rings. The lowest BCUT2D eigenvalue weighted by Gasteiger charge is -2.28. The van der Waals surface area contributed by atoms with Crippen molar-refractivity contribution in [1.82, 2.24) is 4.98 Å². The maximum absolute atomic E-state index is 13.4. The van der Waals surface area contributed by atoms with Crippen LogP contribution in [0.2, 0.25) is 0 Å². The van der Waals surface area contributed by atoms with Gasteiger partial charge in [-0.05, 0) is 18.9 Å². The van der Waals surface area contributed by atoms with Crippen molar-refractivity contribution in [1.29, 1.82) is 0 Å². The molecule has 2 heterocycles. The Labute approximate surface area is 158 Å². The fourth-order valence-corrected chi connectivity index (χ4v) is 3.55. The van der Waals surface area contributed by atoms with Crippen molar-refractivity contribution in [2.45, 2.75) is 44.4 Å². The van der Waals surface area contributed by atoms with Gasteiger partial charge in [-0.1, -0.05) is 13.3 Å². The number of rotatable bonds is 9. The van der Waals surface area contributed by atoms with Crippen molar-refractivity contribution in [2.24, 2.45) is 0 Å². The van der Waals surface area contributed by atoms with E-state index in [0.29, 0.717) is 24.4 Å². The Morgan fingerprint density at radius 3 is 2.37 bits per heavy atom. The number of esters is 2. The molecule has 0 saturated heterocycles. The maximum atomic E-state index is 13.4. The highest BCUT2D eigenvalue weighted by molar-refractivity contribution is 6.07. The number of anilines is 1. The predicted octanol–water partition coefficient (Wildman–Crippen LogP) is 1.99. The van der Waals surface area contributed by atoms with E-state index in [-0.39, 0.29) is 31.3 Å². The Kier molecular flexibility index (Phi) is 6.76. The summed E-state index contributed by atoms with van der Waals surface area (Å²) in [6.07, 6.45) is 3.33. The Bertz CT molecular complexity index is 720. The van der Waals surface area contributed by atoms with Gasteiger partial charge < -0.3 is 14.2 Å². The summed E-state index contributed by atoms with van der Waals surface area (Å²) in [6, 6.07) is 1.80. The molecule has 8 nitrogen and oxygen atoms in total. The molecule has 1 amide bonds. The van der Waals surface area contributed by atoms with Crippen LogP contribution in [-0.4, -0.2) is 50.7 Å². The average molecular weight is 378 g/mol. The van der Waals surface area contributed by atoms with E-state index in [0.717, 1.165) is 12.0 Å². The van der Waals surface area contributed by atoms with Crippen LogP contribution in [0, 0.1) is 0 Å². The normalized spacial score (nSPS) is 18.2. The molecule has 0 radical (unpaired) electrons. The van der Waals surface area contributed by atoms with Crippen molar-refractivity contribution in [3.63, 3.8) is 0 Å². The Morgan fingerprint density at radius 1 is 1.11 bits per heavy atom. The minimum absolute atomic E-state index is 0.0641. The quantitative estimate of drug-likeness (QED) is 0.606. The first kappa shape index (κ1) is 20.7. The Balaban J connectivity index is 2.47. The number of nitrogens with zero attached hydrogens (tertiary/aromatic N) is 2. The average Bonchev–Trinajstić information content (AvgIpc) is 2.92. The van der Waals surface area contributed by atoms with Crippen LogP contribution in [-0.2, 0) is 29.3 Å². The summed E-state index contributed by atoms with van der Waals surface area (Å²) < 4.78 is 14.7. The largest absolute Gasteiger partial charge is 0.495 e. The monoisotopic (exact) mass is 378 g/mol. The number of carbonyl (C=O) groups excluding carboxylic acids is 3. The van der Waals surface area contributed by atoms with Gasteiger partial charge >= 0.3 is 11.9 Å². The van der Waals surface area contributed by atoms with Crippen molar-refractivity contribution in [3.8, 4) is 5.75 Å². The number of fused-ring (bicyclic) bond motifs is 1. The van der Waals surface area contributed by atoms with E-state index in [1.54, 1.807) is 12.3 Å². The van der Waals surface area contributed by atoms with Crippen LogP contribution in [0.1, 0.15) is 44.6 Å². The first-order chi connectivity index (χ1) is 12.9. The first-order valence-electron chi connectivity index (χ1n) is 8.93. The van der Waals surface area contributed by atoms with Gasteiger partial charge in [0.1, 0.15) is 11.6 Å². The van der Waals surface area contributed by atoms with Gasteiger partial charge in [-0.25, -0.2) is 4.98 Å². The zero-order valence-corrected chi connectivity index (χ0v) is 16.2. The third kappa shape index (κ3) is 4.04. The van der Waals surface area contributed by atoms with Crippen LogP contribution in [0.3, 0.4) is 0 Å². The number of hydrogen-bond donors (Lipinski definition) is 0. The fraction of sp³-hybridized carbons (Fsp3) is 0.579. The predicted molar refractivity (Wildman–Crippen MR) is 97.6 cm³/mol. The second-order valence-electron chi connectivity index (χ2n) is 6.44. The summed E-state index contributed by atoms with van der Waals surface area (Å²) in [5.41, 5.74) is -0.168. The number of amides is 1. The zero-order chi connectivity index (χ0) is 20.0. The highest BCUT2D eigenvalue weighted by Gasteiger charge is 2.51. The van der Waals surface area contributed by atoms with E-state index in [4.69, 9.17) is 9.47 Å². The highest BCUT2D eigenvalue weighted by Crippen LogP contribution is 2.47. The number of carbonyl (C=O) groups is 3. The second-order valence-corrected chi connectivity index (χ2v) is 6.44. The molecular weight excluding hydrogens is 352 g/mol. The molecule has 1 unspecified atom stereocenters. The maximum Gasteiger partial charge on any atom is 0.307 e. The van der Waals surface area contributed by atoms with E-state index < -0.39 is 11.4 Å². The van der Waals surface area contributed by atoms with Crippen LogP contribution in [0.4, 0.5) is 5.82 Å². The summed E-state index contributed by atoms with van der Waals surface area (Å²) in [6.45, 7) is 2.15. The molecule has 1 atom stereocenters. The standard InChI is InChI=1S/C19H26N2O6/c1-5-8-19(9-6-15(22)26-3)14-11-13(25-2)12-20-17(14)21(18(19)24)10-7-16(23)27-4/h11-12H,5-10H2,1-4H3. The lowest BCUT2D eigenvalue weighted by molar-refractivity contribution is -0.141. The molecule has 0 spiro atoms. The summed E-state index contributed by atoms with van der Waals surface area (Å²) in [5.74, 6) is 0.106. The molecule has 2 rings (SSSR count). The van der Waals surface area contributed by atoms with E-state index in [2.05, 4.69) is 9.72 Å². The molecule has 1 aromatic heterocycles. The Morgan fingerprint density at radius 2 is 1.78 bits per heavy atom. The van der Waals surface area contributed by atoms with Gasteiger partial charge in [-0.15, -0.1) is 0 Å². The molecular formula is C19H26N2O6. The third-order valence-corrected chi connectivity index (χ3v) is 4.93. The molecule has 0 aliphatic carbocycles. The molecule has 0 bridgehead atoms. The molecule has 0 aromatic carbocycles. The SMILES string of the molecule is CCCC1(CCC(=O)OC)C(=O)N(CCC(=O)OC)c2ncc(OC)cc21.